The number of amides is 1. The van der Waals surface area contributed by atoms with Crippen LogP contribution in [0.2, 0.25) is 0 Å². The molecule has 2 rings (SSSR count). The largest absolute Gasteiger partial charge is 0.482 e. The Labute approximate surface area is 153 Å². The molecule has 2 aromatic rings. The van der Waals surface area contributed by atoms with E-state index in [0.29, 0.717) is 17.9 Å². The molecule has 26 heavy (non-hydrogen) atoms. The van der Waals surface area contributed by atoms with Crippen LogP contribution in [0.15, 0.2) is 42.5 Å². The molecule has 0 saturated heterocycles. The van der Waals surface area contributed by atoms with Gasteiger partial charge in [-0.25, -0.2) is 4.79 Å². The highest BCUT2D eigenvalue weighted by atomic mass is 16.6. The predicted molar refractivity (Wildman–Crippen MR) is 98.6 cm³/mol. The predicted octanol–water partition coefficient (Wildman–Crippen LogP) is 3.12. The molecular weight excluding hydrogens is 334 g/mol. The minimum Gasteiger partial charge on any atom is -0.482 e. The Hall–Kier alpha value is -2.86. The van der Waals surface area contributed by atoms with Crippen LogP contribution in [0, 0.1) is 13.8 Å². The molecular formula is C20H23NO5. The molecule has 0 aliphatic carbocycles. The zero-order chi connectivity index (χ0) is 18.9. The molecule has 6 heteroatoms. The van der Waals surface area contributed by atoms with Crippen molar-refractivity contribution < 1.29 is 23.8 Å². The highest BCUT2D eigenvalue weighted by molar-refractivity contribution is 6.04. The Morgan fingerprint density at radius 2 is 1.73 bits per heavy atom. The highest BCUT2D eigenvalue weighted by Gasteiger charge is 2.09. The quantitative estimate of drug-likeness (QED) is 0.580. The molecule has 0 heterocycles. The first-order valence-corrected chi connectivity index (χ1v) is 8.26. The van der Waals surface area contributed by atoms with Crippen molar-refractivity contribution in [3.63, 3.8) is 0 Å². The van der Waals surface area contributed by atoms with Gasteiger partial charge in [0.2, 0.25) is 0 Å². The minimum absolute atomic E-state index is 0.191. The first-order valence-electron chi connectivity index (χ1n) is 8.26. The third kappa shape index (κ3) is 5.60. The Bertz CT molecular complexity index is 755. The van der Waals surface area contributed by atoms with Crippen LogP contribution in [0.25, 0.3) is 0 Å². The van der Waals surface area contributed by atoms with Crippen LogP contribution in [0.3, 0.4) is 0 Å². The fraction of sp³-hybridized carbons (Fsp3) is 0.300. The second-order valence-corrected chi connectivity index (χ2v) is 5.73. The maximum Gasteiger partial charge on any atom is 0.344 e. The van der Waals surface area contributed by atoms with Crippen LogP contribution in [0.1, 0.15) is 21.5 Å². The Balaban J connectivity index is 1.89. The average Bonchev–Trinajstić information content (AvgIpc) is 2.64. The third-order valence-electron chi connectivity index (χ3n) is 3.88. The van der Waals surface area contributed by atoms with Crippen molar-refractivity contribution in [2.45, 2.75) is 13.8 Å². The fourth-order valence-electron chi connectivity index (χ4n) is 2.21. The summed E-state index contributed by atoms with van der Waals surface area (Å²) in [5.74, 6) is -0.194. The molecule has 0 bridgehead atoms. The van der Waals surface area contributed by atoms with Gasteiger partial charge >= 0.3 is 5.97 Å². The van der Waals surface area contributed by atoms with Gasteiger partial charge in [-0.05, 0) is 55.3 Å². The molecule has 0 saturated carbocycles. The van der Waals surface area contributed by atoms with Crippen molar-refractivity contribution in [3.05, 3.63) is 59.2 Å². The number of hydrogen-bond acceptors (Lipinski definition) is 5. The van der Waals surface area contributed by atoms with E-state index in [0.717, 1.165) is 16.8 Å². The number of nitrogens with one attached hydrogen (secondary N) is 1. The van der Waals surface area contributed by atoms with Gasteiger partial charge in [0, 0.05) is 18.4 Å². The summed E-state index contributed by atoms with van der Waals surface area (Å²) in [6.07, 6.45) is 0. The van der Waals surface area contributed by atoms with Crippen LogP contribution in [0.5, 0.6) is 5.75 Å². The van der Waals surface area contributed by atoms with Crippen molar-refractivity contribution in [1.29, 1.82) is 0 Å². The summed E-state index contributed by atoms with van der Waals surface area (Å²) in [6, 6.07) is 12.3. The number of benzene rings is 2. The van der Waals surface area contributed by atoms with E-state index >= 15 is 0 Å². The SMILES string of the molecule is COCCOC(=O)COc1ccc(C(=O)Nc2cccc(C)c2C)cc1. The van der Waals surface area contributed by atoms with Gasteiger partial charge in [0.1, 0.15) is 12.4 Å². The lowest BCUT2D eigenvalue weighted by atomic mass is 10.1. The van der Waals surface area contributed by atoms with Gasteiger partial charge in [-0.3, -0.25) is 4.79 Å². The summed E-state index contributed by atoms with van der Waals surface area (Å²) < 4.78 is 15.0. The van der Waals surface area contributed by atoms with Crippen molar-refractivity contribution in [2.75, 3.05) is 32.2 Å². The number of rotatable bonds is 8. The third-order valence-corrected chi connectivity index (χ3v) is 3.88. The molecule has 138 valence electrons. The molecule has 0 fully saturated rings. The molecule has 6 nitrogen and oxygen atoms in total. The van der Waals surface area contributed by atoms with E-state index in [-0.39, 0.29) is 19.1 Å². The first-order chi connectivity index (χ1) is 12.5. The number of esters is 1. The number of anilines is 1. The van der Waals surface area contributed by atoms with Crippen LogP contribution in [-0.2, 0) is 14.3 Å². The van der Waals surface area contributed by atoms with E-state index in [9.17, 15) is 9.59 Å². The maximum atomic E-state index is 12.4. The Morgan fingerprint density at radius 3 is 2.42 bits per heavy atom. The summed E-state index contributed by atoms with van der Waals surface area (Å²) >= 11 is 0. The smallest absolute Gasteiger partial charge is 0.344 e. The standard InChI is InChI=1S/C20H23NO5/c1-14-5-4-6-18(15(14)2)21-20(23)16-7-9-17(10-8-16)26-13-19(22)25-12-11-24-3/h4-10H,11-13H2,1-3H3,(H,21,23). The lowest BCUT2D eigenvalue weighted by molar-refractivity contribution is -0.147. The molecule has 0 aliphatic heterocycles. The fourth-order valence-corrected chi connectivity index (χ4v) is 2.21. The molecule has 0 atom stereocenters. The van der Waals surface area contributed by atoms with E-state index in [1.807, 2.05) is 32.0 Å². The van der Waals surface area contributed by atoms with Crippen molar-refractivity contribution >= 4 is 17.6 Å². The van der Waals surface area contributed by atoms with Gasteiger partial charge in [-0.1, -0.05) is 12.1 Å². The molecule has 1 amide bonds. The van der Waals surface area contributed by atoms with Crippen molar-refractivity contribution in [1.82, 2.24) is 0 Å². The zero-order valence-corrected chi connectivity index (χ0v) is 15.2. The molecule has 0 aromatic heterocycles. The second-order valence-electron chi connectivity index (χ2n) is 5.73. The van der Waals surface area contributed by atoms with Crippen molar-refractivity contribution in [2.24, 2.45) is 0 Å². The number of carbonyl (C=O) groups excluding carboxylic acids is 2. The van der Waals surface area contributed by atoms with Crippen LogP contribution in [-0.4, -0.2) is 38.8 Å². The van der Waals surface area contributed by atoms with Gasteiger partial charge in [-0.2, -0.15) is 0 Å². The minimum atomic E-state index is -0.473. The van der Waals surface area contributed by atoms with Crippen LogP contribution in [0.4, 0.5) is 5.69 Å². The molecule has 2 aromatic carbocycles. The molecule has 0 radical (unpaired) electrons. The molecule has 0 spiro atoms. The number of methoxy groups -OCH3 is 1. The van der Waals surface area contributed by atoms with Gasteiger partial charge < -0.3 is 19.5 Å². The summed E-state index contributed by atoms with van der Waals surface area (Å²) in [4.78, 5) is 23.8. The van der Waals surface area contributed by atoms with E-state index in [1.54, 1.807) is 24.3 Å². The molecule has 1 N–H and O–H groups in total. The number of carbonyl (C=O) groups is 2. The lowest BCUT2D eigenvalue weighted by Crippen LogP contribution is -2.17. The van der Waals surface area contributed by atoms with Gasteiger partial charge in [0.25, 0.3) is 5.91 Å². The Kier molecular flexibility index (Phi) is 7.17. The van der Waals surface area contributed by atoms with E-state index in [1.165, 1.54) is 7.11 Å². The van der Waals surface area contributed by atoms with Gasteiger partial charge in [-0.15, -0.1) is 0 Å². The van der Waals surface area contributed by atoms with Crippen molar-refractivity contribution in [3.8, 4) is 5.75 Å². The first kappa shape index (κ1) is 19.5. The van der Waals surface area contributed by atoms with Gasteiger partial charge in [0.15, 0.2) is 6.61 Å². The molecule has 0 unspecified atom stereocenters. The molecule has 0 aliphatic rings. The topological polar surface area (TPSA) is 73.9 Å². The number of ether oxygens (including phenoxy) is 3. The van der Waals surface area contributed by atoms with Gasteiger partial charge in [0.05, 0.1) is 6.61 Å². The van der Waals surface area contributed by atoms with Crippen LogP contribution >= 0.6 is 0 Å². The average molecular weight is 357 g/mol. The summed E-state index contributed by atoms with van der Waals surface area (Å²) in [6.45, 7) is 4.30. The maximum absolute atomic E-state index is 12.4. The van der Waals surface area contributed by atoms with E-state index in [4.69, 9.17) is 14.2 Å². The second kappa shape index (κ2) is 9.58. The highest BCUT2D eigenvalue weighted by Crippen LogP contribution is 2.19. The zero-order valence-electron chi connectivity index (χ0n) is 15.2. The normalized spacial score (nSPS) is 10.3. The summed E-state index contributed by atoms with van der Waals surface area (Å²) in [7, 11) is 1.53. The van der Waals surface area contributed by atoms with E-state index < -0.39 is 5.97 Å². The van der Waals surface area contributed by atoms with E-state index in [2.05, 4.69) is 5.32 Å². The Morgan fingerprint density at radius 1 is 1.00 bits per heavy atom. The monoisotopic (exact) mass is 357 g/mol. The summed E-state index contributed by atoms with van der Waals surface area (Å²) in [5.41, 5.74) is 3.44. The lowest BCUT2D eigenvalue weighted by Gasteiger charge is -2.11. The number of aryl methyl sites for hydroxylation is 1. The van der Waals surface area contributed by atoms with Crippen LogP contribution < -0.4 is 10.1 Å². The number of hydrogen-bond donors (Lipinski definition) is 1. The summed E-state index contributed by atoms with van der Waals surface area (Å²) in [5, 5.41) is 2.90.